The Balaban J connectivity index is 2.05. The highest BCUT2D eigenvalue weighted by molar-refractivity contribution is 6.30. The number of carbonyl (C=O) groups is 1. The van der Waals surface area contributed by atoms with Gasteiger partial charge in [-0.2, -0.15) is 0 Å². The summed E-state index contributed by atoms with van der Waals surface area (Å²) in [5.74, 6) is 0.857. The molecular weight excluding hydrogens is 366 g/mol. The van der Waals surface area contributed by atoms with Crippen molar-refractivity contribution in [3.8, 4) is 5.88 Å². The Hall–Kier alpha value is -2.60. The van der Waals surface area contributed by atoms with E-state index in [-0.39, 0.29) is 0 Å². The number of methoxy groups -OCH3 is 2. The molecule has 2 heterocycles. The zero-order chi connectivity index (χ0) is 19.6. The molecule has 142 valence electrons. The van der Waals surface area contributed by atoms with Gasteiger partial charge in [0.2, 0.25) is 5.88 Å². The predicted molar refractivity (Wildman–Crippen MR) is 105 cm³/mol. The Kier molecular flexibility index (Phi) is 5.65. The molecule has 0 unspecified atom stereocenters. The minimum atomic E-state index is -0.444. The SMILES string of the molecule is COC(=O)n1cc(Cc2nc(Cl)c(CC(C)C)nc2OC)c2ccccc21. The Bertz CT molecular complexity index is 982. The second-order valence-electron chi connectivity index (χ2n) is 6.70. The van der Waals surface area contributed by atoms with Gasteiger partial charge >= 0.3 is 6.09 Å². The zero-order valence-electron chi connectivity index (χ0n) is 15.8. The third-order valence-corrected chi connectivity index (χ3v) is 4.58. The lowest BCUT2D eigenvalue weighted by atomic mass is 10.1. The van der Waals surface area contributed by atoms with Gasteiger partial charge < -0.3 is 9.47 Å². The zero-order valence-corrected chi connectivity index (χ0v) is 16.6. The van der Waals surface area contributed by atoms with Crippen molar-refractivity contribution in [3.63, 3.8) is 0 Å². The summed E-state index contributed by atoms with van der Waals surface area (Å²) >= 11 is 6.36. The van der Waals surface area contributed by atoms with Gasteiger partial charge in [-0.15, -0.1) is 0 Å². The number of rotatable bonds is 5. The van der Waals surface area contributed by atoms with Crippen molar-refractivity contribution in [1.29, 1.82) is 0 Å². The quantitative estimate of drug-likeness (QED) is 0.645. The van der Waals surface area contributed by atoms with Crippen molar-refractivity contribution in [3.05, 3.63) is 52.6 Å². The van der Waals surface area contributed by atoms with Gasteiger partial charge in [-0.25, -0.2) is 14.8 Å². The van der Waals surface area contributed by atoms with Crippen LogP contribution in [-0.2, 0) is 17.6 Å². The maximum Gasteiger partial charge on any atom is 0.418 e. The third-order valence-electron chi connectivity index (χ3n) is 4.27. The monoisotopic (exact) mass is 387 g/mol. The molecule has 0 fully saturated rings. The van der Waals surface area contributed by atoms with E-state index in [4.69, 9.17) is 21.1 Å². The van der Waals surface area contributed by atoms with Crippen LogP contribution in [0.2, 0.25) is 5.15 Å². The van der Waals surface area contributed by atoms with Gasteiger partial charge in [-0.05, 0) is 24.0 Å². The number of benzene rings is 1. The van der Waals surface area contributed by atoms with Crippen LogP contribution in [0.15, 0.2) is 30.5 Å². The summed E-state index contributed by atoms with van der Waals surface area (Å²) in [5, 5.41) is 1.32. The van der Waals surface area contributed by atoms with Gasteiger partial charge in [-0.1, -0.05) is 43.6 Å². The lowest BCUT2D eigenvalue weighted by Crippen LogP contribution is -2.09. The van der Waals surface area contributed by atoms with Gasteiger partial charge in [0.05, 0.1) is 25.4 Å². The summed E-state index contributed by atoms with van der Waals surface area (Å²) in [6, 6.07) is 7.63. The van der Waals surface area contributed by atoms with Crippen molar-refractivity contribution >= 4 is 28.6 Å². The minimum Gasteiger partial charge on any atom is -0.480 e. The van der Waals surface area contributed by atoms with Crippen LogP contribution in [0, 0.1) is 5.92 Å². The Morgan fingerprint density at radius 1 is 1.19 bits per heavy atom. The van der Waals surface area contributed by atoms with Crippen LogP contribution in [0.3, 0.4) is 0 Å². The number of hydrogen-bond acceptors (Lipinski definition) is 5. The van der Waals surface area contributed by atoms with Crippen molar-refractivity contribution in [2.24, 2.45) is 5.92 Å². The van der Waals surface area contributed by atoms with Crippen molar-refractivity contribution < 1.29 is 14.3 Å². The highest BCUT2D eigenvalue weighted by Gasteiger charge is 2.18. The molecule has 0 atom stereocenters. The molecule has 1 aromatic carbocycles. The molecule has 0 bridgehead atoms. The predicted octanol–water partition coefficient (Wildman–Crippen LogP) is 4.50. The molecule has 0 spiro atoms. The molecule has 3 rings (SSSR count). The highest BCUT2D eigenvalue weighted by atomic mass is 35.5. The van der Waals surface area contributed by atoms with E-state index < -0.39 is 6.09 Å². The summed E-state index contributed by atoms with van der Waals surface area (Å²) in [4.78, 5) is 21.2. The maximum atomic E-state index is 12.1. The fraction of sp³-hybridized carbons (Fsp3) is 0.350. The first-order valence-electron chi connectivity index (χ1n) is 8.71. The van der Waals surface area contributed by atoms with E-state index in [0.29, 0.717) is 29.1 Å². The van der Waals surface area contributed by atoms with E-state index in [1.54, 1.807) is 13.3 Å². The molecule has 0 saturated carbocycles. The Morgan fingerprint density at radius 3 is 2.59 bits per heavy atom. The maximum absolute atomic E-state index is 12.1. The lowest BCUT2D eigenvalue weighted by molar-refractivity contribution is 0.174. The topological polar surface area (TPSA) is 66.2 Å². The highest BCUT2D eigenvalue weighted by Crippen LogP contribution is 2.28. The van der Waals surface area contributed by atoms with E-state index in [9.17, 15) is 4.79 Å². The molecule has 0 aliphatic rings. The molecule has 0 amide bonds. The van der Waals surface area contributed by atoms with Crippen LogP contribution in [0.25, 0.3) is 10.9 Å². The number of carbonyl (C=O) groups excluding carboxylic acids is 1. The van der Waals surface area contributed by atoms with Crippen LogP contribution in [0.5, 0.6) is 5.88 Å². The van der Waals surface area contributed by atoms with E-state index in [1.165, 1.54) is 11.7 Å². The van der Waals surface area contributed by atoms with Crippen LogP contribution in [0.4, 0.5) is 4.79 Å². The van der Waals surface area contributed by atoms with E-state index in [2.05, 4.69) is 23.8 Å². The molecule has 0 aliphatic carbocycles. The molecule has 0 N–H and O–H groups in total. The smallest absolute Gasteiger partial charge is 0.418 e. The second kappa shape index (κ2) is 7.96. The number of para-hydroxylation sites is 1. The summed E-state index contributed by atoms with van der Waals surface area (Å²) in [6.07, 6.45) is 2.47. The third kappa shape index (κ3) is 3.90. The fourth-order valence-corrected chi connectivity index (χ4v) is 3.30. The van der Waals surface area contributed by atoms with Crippen molar-refractivity contribution in [2.75, 3.05) is 14.2 Å². The molecular formula is C20H22ClN3O3. The number of hydrogen-bond donors (Lipinski definition) is 0. The molecule has 0 aliphatic heterocycles. The summed E-state index contributed by atoms with van der Waals surface area (Å²) in [5.41, 5.74) is 3.04. The number of nitrogens with zero attached hydrogens (tertiary/aromatic N) is 3. The molecule has 7 heteroatoms. The first-order chi connectivity index (χ1) is 12.9. The van der Waals surface area contributed by atoms with Gasteiger partial charge in [-0.3, -0.25) is 4.57 Å². The van der Waals surface area contributed by atoms with Crippen LogP contribution in [0.1, 0.15) is 30.8 Å². The average Bonchev–Trinajstić information content (AvgIpc) is 3.01. The summed E-state index contributed by atoms with van der Waals surface area (Å²) in [7, 11) is 2.93. The minimum absolute atomic E-state index is 0.385. The largest absolute Gasteiger partial charge is 0.480 e. The number of ether oxygens (including phenoxy) is 2. The first-order valence-corrected chi connectivity index (χ1v) is 9.09. The molecule has 27 heavy (non-hydrogen) atoms. The number of aromatic nitrogens is 3. The van der Waals surface area contributed by atoms with E-state index in [0.717, 1.165) is 28.6 Å². The average molecular weight is 388 g/mol. The molecule has 0 saturated heterocycles. The van der Waals surface area contributed by atoms with Gasteiger partial charge in [0.25, 0.3) is 0 Å². The number of halogens is 1. The molecule has 0 radical (unpaired) electrons. The molecule has 6 nitrogen and oxygen atoms in total. The van der Waals surface area contributed by atoms with Gasteiger partial charge in [0.15, 0.2) is 5.15 Å². The normalized spacial score (nSPS) is 11.2. The van der Waals surface area contributed by atoms with Crippen LogP contribution >= 0.6 is 11.6 Å². The van der Waals surface area contributed by atoms with Crippen molar-refractivity contribution in [2.45, 2.75) is 26.7 Å². The van der Waals surface area contributed by atoms with Gasteiger partial charge in [0, 0.05) is 18.0 Å². The molecule has 3 aromatic rings. The molecule has 2 aromatic heterocycles. The first kappa shape index (κ1) is 19.2. The van der Waals surface area contributed by atoms with Gasteiger partial charge in [0.1, 0.15) is 5.69 Å². The Morgan fingerprint density at radius 2 is 1.93 bits per heavy atom. The van der Waals surface area contributed by atoms with Crippen molar-refractivity contribution in [1.82, 2.24) is 14.5 Å². The van der Waals surface area contributed by atoms with E-state index >= 15 is 0 Å². The second-order valence-corrected chi connectivity index (χ2v) is 7.06. The summed E-state index contributed by atoms with van der Waals surface area (Å²) < 4.78 is 11.8. The lowest BCUT2D eigenvalue weighted by Gasteiger charge is -2.11. The van der Waals surface area contributed by atoms with E-state index in [1.807, 2.05) is 24.3 Å². The van der Waals surface area contributed by atoms with Crippen LogP contribution in [-0.4, -0.2) is 34.8 Å². The summed E-state index contributed by atoms with van der Waals surface area (Å²) in [6.45, 7) is 4.19. The standard InChI is InChI=1S/C20H22ClN3O3/c1-12(2)9-15-18(21)22-16(19(23-15)26-3)10-13-11-24(20(25)27-4)17-8-6-5-7-14(13)17/h5-8,11-12H,9-10H2,1-4H3. The number of fused-ring (bicyclic) bond motifs is 1. The fourth-order valence-electron chi connectivity index (χ4n) is 3.08. The van der Waals surface area contributed by atoms with Crippen LogP contribution < -0.4 is 4.74 Å². The Labute approximate surface area is 163 Å².